The Balaban J connectivity index is 2.08. The Morgan fingerprint density at radius 3 is 2.50 bits per heavy atom. The van der Waals surface area contributed by atoms with Crippen molar-refractivity contribution in [3.05, 3.63) is 65.5 Å². The number of carbonyl (C=O) groups excluding carboxylic acids is 1. The van der Waals surface area contributed by atoms with Gasteiger partial charge in [-0.05, 0) is 31.7 Å². The predicted octanol–water partition coefficient (Wildman–Crippen LogP) is 2.67. The number of nitrogens with one attached hydrogen (secondary N) is 3. The van der Waals surface area contributed by atoms with Crippen molar-refractivity contribution in [3.63, 3.8) is 0 Å². The third-order valence-electron chi connectivity index (χ3n) is 4.23. The van der Waals surface area contributed by atoms with Gasteiger partial charge in [-0.3, -0.25) is 4.79 Å². The second kappa shape index (κ2) is 7.93. The highest BCUT2D eigenvalue weighted by atomic mass is 16.1. The molecule has 3 rings (SSSR count). The molecule has 0 aliphatic heterocycles. The lowest BCUT2D eigenvalue weighted by Gasteiger charge is -2.21. The van der Waals surface area contributed by atoms with E-state index in [1.165, 1.54) is 0 Å². The molecule has 3 N–H and O–H groups in total. The lowest BCUT2D eigenvalue weighted by atomic mass is 10.1. The Morgan fingerprint density at radius 2 is 1.81 bits per heavy atom. The number of likely N-dealkylation sites (N-methyl/N-ethyl adjacent to an activating group) is 1. The van der Waals surface area contributed by atoms with Gasteiger partial charge in [0.1, 0.15) is 11.6 Å². The fourth-order valence-corrected chi connectivity index (χ4v) is 3.00. The van der Waals surface area contributed by atoms with Crippen LogP contribution in [-0.2, 0) is 0 Å². The second-order valence-corrected chi connectivity index (χ2v) is 6.07. The third kappa shape index (κ3) is 3.65. The molecule has 0 radical (unpaired) electrons. The van der Waals surface area contributed by atoms with Crippen molar-refractivity contribution in [2.45, 2.75) is 13.0 Å². The summed E-state index contributed by atoms with van der Waals surface area (Å²) in [5.74, 6) is 1.18. The second-order valence-electron chi connectivity index (χ2n) is 6.07. The number of hydrogen-bond acceptors (Lipinski definition) is 5. The van der Waals surface area contributed by atoms with Crippen LogP contribution in [0.15, 0.2) is 48.5 Å². The summed E-state index contributed by atoms with van der Waals surface area (Å²) in [5.41, 5.74) is 2.36. The summed E-state index contributed by atoms with van der Waals surface area (Å²) in [7, 11) is 3.54. The first kappa shape index (κ1) is 17.8. The topological polar surface area (TPSA) is 78.9 Å². The van der Waals surface area contributed by atoms with Gasteiger partial charge in [0.2, 0.25) is 0 Å². The normalized spacial score (nSPS) is 12.0. The first-order chi connectivity index (χ1) is 12.6. The number of carbonyl (C=O) groups is 1. The maximum atomic E-state index is 12.2. The molecule has 134 valence electrons. The molecule has 0 aliphatic rings. The molecular weight excluding hydrogens is 326 g/mol. The van der Waals surface area contributed by atoms with Crippen molar-refractivity contribution >= 4 is 22.6 Å². The standard InChI is InChI=1S/C20H23N5O/c1-13-23-18-15(10-7-11-16(18)20(26)22-3)19(24-13)25-17(12-21-2)14-8-5-4-6-9-14/h4-11,17,21H,12H2,1-3H3,(H,22,26)(H,23,24,25). The highest BCUT2D eigenvalue weighted by Crippen LogP contribution is 2.27. The van der Waals surface area contributed by atoms with E-state index in [-0.39, 0.29) is 11.9 Å². The Bertz CT molecular complexity index is 911. The van der Waals surface area contributed by atoms with Gasteiger partial charge in [-0.25, -0.2) is 9.97 Å². The number of aromatic nitrogens is 2. The van der Waals surface area contributed by atoms with Crippen molar-refractivity contribution in [1.82, 2.24) is 20.6 Å². The molecule has 1 unspecified atom stereocenters. The quantitative estimate of drug-likeness (QED) is 0.638. The van der Waals surface area contributed by atoms with Gasteiger partial charge in [0, 0.05) is 19.0 Å². The third-order valence-corrected chi connectivity index (χ3v) is 4.23. The van der Waals surface area contributed by atoms with Gasteiger partial charge in [-0.1, -0.05) is 36.4 Å². The highest BCUT2D eigenvalue weighted by molar-refractivity contribution is 6.07. The van der Waals surface area contributed by atoms with Crippen molar-refractivity contribution in [2.75, 3.05) is 26.0 Å². The molecule has 1 aromatic heterocycles. The maximum absolute atomic E-state index is 12.2. The first-order valence-electron chi connectivity index (χ1n) is 8.59. The van der Waals surface area contributed by atoms with Gasteiger partial charge >= 0.3 is 0 Å². The molecule has 6 nitrogen and oxygen atoms in total. The minimum absolute atomic E-state index is 0.0438. The molecule has 0 fully saturated rings. The fraction of sp³-hybridized carbons (Fsp3) is 0.250. The van der Waals surface area contributed by atoms with Crippen LogP contribution in [0.5, 0.6) is 0 Å². The molecule has 1 heterocycles. The number of rotatable bonds is 6. The Morgan fingerprint density at radius 1 is 1.04 bits per heavy atom. The molecule has 2 aromatic carbocycles. The number of benzene rings is 2. The number of para-hydroxylation sites is 1. The average molecular weight is 349 g/mol. The van der Waals surface area contributed by atoms with Crippen LogP contribution >= 0.6 is 0 Å². The van der Waals surface area contributed by atoms with Crippen LogP contribution in [-0.4, -0.2) is 36.5 Å². The zero-order chi connectivity index (χ0) is 18.5. The molecule has 3 aromatic rings. The summed E-state index contributed by atoms with van der Waals surface area (Å²) >= 11 is 0. The smallest absolute Gasteiger partial charge is 0.253 e. The Kier molecular flexibility index (Phi) is 5.43. The summed E-state index contributed by atoms with van der Waals surface area (Å²) in [4.78, 5) is 21.3. The van der Waals surface area contributed by atoms with E-state index in [0.29, 0.717) is 16.9 Å². The van der Waals surface area contributed by atoms with E-state index in [1.54, 1.807) is 13.1 Å². The van der Waals surface area contributed by atoms with Gasteiger partial charge < -0.3 is 16.0 Å². The monoisotopic (exact) mass is 349 g/mol. The number of hydrogen-bond donors (Lipinski definition) is 3. The molecule has 0 saturated heterocycles. The number of anilines is 1. The number of amides is 1. The molecule has 1 atom stereocenters. The minimum atomic E-state index is -0.158. The first-order valence-corrected chi connectivity index (χ1v) is 8.59. The van der Waals surface area contributed by atoms with Gasteiger partial charge in [-0.15, -0.1) is 0 Å². The summed E-state index contributed by atoms with van der Waals surface area (Å²) in [5, 5.41) is 10.2. The molecule has 1 amide bonds. The number of fused-ring (bicyclic) bond motifs is 1. The summed E-state index contributed by atoms with van der Waals surface area (Å²) in [6.07, 6.45) is 0. The van der Waals surface area contributed by atoms with Crippen molar-refractivity contribution in [3.8, 4) is 0 Å². The van der Waals surface area contributed by atoms with Gasteiger partial charge in [0.15, 0.2) is 0 Å². The van der Waals surface area contributed by atoms with E-state index in [0.717, 1.165) is 23.3 Å². The molecule has 0 bridgehead atoms. The van der Waals surface area contributed by atoms with E-state index >= 15 is 0 Å². The van der Waals surface area contributed by atoms with E-state index in [4.69, 9.17) is 0 Å². The lowest BCUT2D eigenvalue weighted by molar-refractivity contribution is 0.0964. The largest absolute Gasteiger partial charge is 0.361 e. The summed E-state index contributed by atoms with van der Waals surface area (Å²) < 4.78 is 0. The molecular formula is C20H23N5O. The summed E-state index contributed by atoms with van der Waals surface area (Å²) in [6.45, 7) is 2.57. The average Bonchev–Trinajstić information content (AvgIpc) is 2.67. The van der Waals surface area contributed by atoms with Crippen LogP contribution in [0.3, 0.4) is 0 Å². The molecule has 0 aliphatic carbocycles. The van der Waals surface area contributed by atoms with Crippen molar-refractivity contribution in [2.24, 2.45) is 0 Å². The SMILES string of the molecule is CNCC(Nc1nc(C)nc2c(C(=O)NC)cccc12)c1ccccc1. The predicted molar refractivity (Wildman–Crippen MR) is 104 cm³/mol. The fourth-order valence-electron chi connectivity index (χ4n) is 3.00. The van der Waals surface area contributed by atoms with E-state index in [1.807, 2.05) is 44.3 Å². The van der Waals surface area contributed by atoms with E-state index < -0.39 is 0 Å². The summed E-state index contributed by atoms with van der Waals surface area (Å²) in [6, 6.07) is 15.8. The van der Waals surface area contributed by atoms with Crippen LogP contribution in [0.1, 0.15) is 27.8 Å². The van der Waals surface area contributed by atoms with Crippen LogP contribution in [0.4, 0.5) is 5.82 Å². The van der Waals surface area contributed by atoms with Crippen molar-refractivity contribution < 1.29 is 4.79 Å². The van der Waals surface area contributed by atoms with Crippen LogP contribution in [0.2, 0.25) is 0 Å². The Hall–Kier alpha value is -2.99. The highest BCUT2D eigenvalue weighted by Gasteiger charge is 2.17. The molecule has 0 spiro atoms. The van der Waals surface area contributed by atoms with Crippen LogP contribution in [0, 0.1) is 6.92 Å². The van der Waals surface area contributed by atoms with Gasteiger partial charge in [-0.2, -0.15) is 0 Å². The van der Waals surface area contributed by atoms with Crippen molar-refractivity contribution in [1.29, 1.82) is 0 Å². The number of nitrogens with zero attached hydrogens (tertiary/aromatic N) is 2. The maximum Gasteiger partial charge on any atom is 0.253 e. The lowest BCUT2D eigenvalue weighted by Crippen LogP contribution is -2.24. The van der Waals surface area contributed by atoms with Gasteiger partial charge in [0.05, 0.1) is 17.1 Å². The minimum Gasteiger partial charge on any atom is -0.361 e. The van der Waals surface area contributed by atoms with Gasteiger partial charge in [0.25, 0.3) is 5.91 Å². The number of aryl methyl sites for hydroxylation is 1. The molecule has 0 saturated carbocycles. The van der Waals surface area contributed by atoms with E-state index in [2.05, 4.69) is 38.1 Å². The van der Waals surface area contributed by atoms with E-state index in [9.17, 15) is 4.79 Å². The molecule has 6 heteroatoms. The molecule has 26 heavy (non-hydrogen) atoms. The Labute approximate surface area is 153 Å². The zero-order valence-electron chi connectivity index (χ0n) is 15.2. The zero-order valence-corrected chi connectivity index (χ0v) is 15.2. The van der Waals surface area contributed by atoms with Crippen LogP contribution in [0.25, 0.3) is 10.9 Å². The van der Waals surface area contributed by atoms with Crippen LogP contribution < -0.4 is 16.0 Å².